The van der Waals surface area contributed by atoms with Gasteiger partial charge in [0.15, 0.2) is 0 Å². The molecular weight excluding hydrogens is 438 g/mol. The van der Waals surface area contributed by atoms with Gasteiger partial charge in [0.1, 0.15) is 35.4 Å². The molecule has 4 rings (SSSR count). The van der Waals surface area contributed by atoms with Gasteiger partial charge in [-0.1, -0.05) is 24.3 Å². The summed E-state index contributed by atoms with van der Waals surface area (Å²) in [6.45, 7) is 0.192. The first-order valence-electron chi connectivity index (χ1n) is 9.83. The van der Waals surface area contributed by atoms with Crippen LogP contribution in [0.15, 0.2) is 72.9 Å². The van der Waals surface area contributed by atoms with Crippen LogP contribution in [-0.2, 0) is 13.2 Å². The van der Waals surface area contributed by atoms with Crippen LogP contribution in [0.3, 0.4) is 0 Å². The predicted molar refractivity (Wildman–Crippen MR) is 113 cm³/mol. The van der Waals surface area contributed by atoms with Crippen LogP contribution in [0.1, 0.15) is 21.5 Å². The molecule has 0 saturated heterocycles. The summed E-state index contributed by atoms with van der Waals surface area (Å²) in [6, 6.07) is 14.0. The van der Waals surface area contributed by atoms with Crippen LogP contribution in [0.25, 0.3) is 0 Å². The molecular formula is C24H17F4N3O2. The van der Waals surface area contributed by atoms with Gasteiger partial charge in [0.05, 0.1) is 12.2 Å². The van der Waals surface area contributed by atoms with Gasteiger partial charge in [-0.25, -0.2) is 17.6 Å². The van der Waals surface area contributed by atoms with Crippen LogP contribution < -0.4 is 10.1 Å². The molecule has 1 heterocycles. The number of nitrogens with one attached hydrogen (secondary N) is 1. The molecule has 3 aromatic carbocycles. The molecule has 168 valence electrons. The van der Waals surface area contributed by atoms with E-state index in [9.17, 15) is 22.4 Å². The lowest BCUT2D eigenvalue weighted by Crippen LogP contribution is -2.14. The first-order valence-corrected chi connectivity index (χ1v) is 9.83. The standard InChI is InChI=1S/C24H17F4N3O2/c25-17-5-1-15(2-6-17)12-31-13-20(23(32)29-22-11-19(27)9-10-21(22)28)24(30-31)33-14-16-3-7-18(26)8-4-16/h1-11,13H,12,14H2,(H,29,32). The Hall–Kier alpha value is -4.14. The summed E-state index contributed by atoms with van der Waals surface area (Å²) in [4.78, 5) is 12.8. The maximum absolute atomic E-state index is 14.0. The summed E-state index contributed by atoms with van der Waals surface area (Å²) in [5.41, 5.74) is 0.984. The summed E-state index contributed by atoms with van der Waals surface area (Å²) in [5, 5.41) is 6.57. The summed E-state index contributed by atoms with van der Waals surface area (Å²) in [6.07, 6.45) is 1.38. The number of hydrogen-bond donors (Lipinski definition) is 1. The van der Waals surface area contributed by atoms with Crippen molar-refractivity contribution in [3.05, 3.63) is 113 Å². The number of carbonyl (C=O) groups excluding carboxylic acids is 1. The van der Waals surface area contributed by atoms with Gasteiger partial charge in [0, 0.05) is 12.3 Å². The number of benzene rings is 3. The molecule has 0 saturated carbocycles. The second kappa shape index (κ2) is 9.56. The first-order chi connectivity index (χ1) is 15.9. The van der Waals surface area contributed by atoms with Crippen molar-refractivity contribution in [3.63, 3.8) is 0 Å². The molecule has 0 aliphatic carbocycles. The van der Waals surface area contributed by atoms with Crippen LogP contribution in [-0.4, -0.2) is 15.7 Å². The Morgan fingerprint density at radius 1 is 0.848 bits per heavy atom. The Balaban J connectivity index is 1.59. The maximum Gasteiger partial charge on any atom is 0.262 e. The predicted octanol–water partition coefficient (Wildman–Crippen LogP) is 5.32. The molecule has 0 aliphatic heterocycles. The Morgan fingerprint density at radius 2 is 1.45 bits per heavy atom. The number of amides is 1. The van der Waals surface area contributed by atoms with E-state index in [0.29, 0.717) is 11.1 Å². The smallest absolute Gasteiger partial charge is 0.262 e. The highest BCUT2D eigenvalue weighted by molar-refractivity contribution is 6.05. The SMILES string of the molecule is O=C(Nc1cc(F)ccc1F)c1cn(Cc2ccc(F)cc2)nc1OCc1ccc(F)cc1. The average molecular weight is 455 g/mol. The van der Waals surface area contributed by atoms with Crippen molar-refractivity contribution in [2.24, 2.45) is 0 Å². The molecule has 1 N–H and O–H groups in total. The Kier molecular flexibility index (Phi) is 6.39. The quantitative estimate of drug-likeness (QED) is 0.384. The molecule has 0 bridgehead atoms. The highest BCUT2D eigenvalue weighted by Crippen LogP contribution is 2.22. The summed E-state index contributed by atoms with van der Waals surface area (Å²) in [7, 11) is 0. The van der Waals surface area contributed by atoms with E-state index in [1.54, 1.807) is 12.1 Å². The van der Waals surface area contributed by atoms with Crippen molar-refractivity contribution >= 4 is 11.6 Å². The van der Waals surface area contributed by atoms with E-state index in [0.717, 1.165) is 18.2 Å². The zero-order chi connectivity index (χ0) is 23.4. The van der Waals surface area contributed by atoms with Crippen molar-refractivity contribution in [1.82, 2.24) is 9.78 Å². The van der Waals surface area contributed by atoms with Gasteiger partial charge >= 0.3 is 0 Å². The second-order valence-corrected chi connectivity index (χ2v) is 7.17. The number of halogens is 4. The monoisotopic (exact) mass is 455 g/mol. The third-order valence-corrected chi connectivity index (χ3v) is 4.70. The van der Waals surface area contributed by atoms with Gasteiger partial charge in [-0.3, -0.25) is 9.48 Å². The van der Waals surface area contributed by atoms with E-state index in [4.69, 9.17) is 4.74 Å². The van der Waals surface area contributed by atoms with E-state index < -0.39 is 23.4 Å². The number of anilines is 1. The third kappa shape index (κ3) is 5.57. The minimum absolute atomic E-state index is 0.0115. The largest absolute Gasteiger partial charge is 0.471 e. The molecule has 4 aromatic rings. The lowest BCUT2D eigenvalue weighted by Gasteiger charge is -2.08. The Labute approximate surface area is 186 Å². The van der Waals surface area contributed by atoms with Crippen molar-refractivity contribution in [3.8, 4) is 5.88 Å². The third-order valence-electron chi connectivity index (χ3n) is 4.70. The van der Waals surface area contributed by atoms with Gasteiger partial charge in [-0.15, -0.1) is 5.10 Å². The fourth-order valence-corrected chi connectivity index (χ4v) is 3.04. The van der Waals surface area contributed by atoms with Gasteiger partial charge in [0.25, 0.3) is 5.91 Å². The molecule has 0 aliphatic rings. The minimum atomic E-state index is -0.808. The molecule has 0 spiro atoms. The lowest BCUT2D eigenvalue weighted by molar-refractivity contribution is 0.102. The van der Waals surface area contributed by atoms with Crippen molar-refractivity contribution < 1.29 is 27.1 Å². The van der Waals surface area contributed by atoms with Crippen LogP contribution >= 0.6 is 0 Å². The molecule has 0 radical (unpaired) electrons. The van der Waals surface area contributed by atoms with Crippen LogP contribution in [0.5, 0.6) is 5.88 Å². The number of ether oxygens (including phenoxy) is 1. The molecule has 9 heteroatoms. The molecule has 33 heavy (non-hydrogen) atoms. The molecule has 0 fully saturated rings. The fraction of sp³-hybridized carbons (Fsp3) is 0.0833. The number of carbonyl (C=O) groups is 1. The molecule has 1 aromatic heterocycles. The number of aromatic nitrogens is 2. The highest BCUT2D eigenvalue weighted by atomic mass is 19.1. The topological polar surface area (TPSA) is 56.2 Å². The van der Waals surface area contributed by atoms with Crippen LogP contribution in [0, 0.1) is 23.3 Å². The van der Waals surface area contributed by atoms with Crippen molar-refractivity contribution in [2.75, 3.05) is 5.32 Å². The van der Waals surface area contributed by atoms with Gasteiger partial charge < -0.3 is 10.1 Å². The Bertz CT molecular complexity index is 1270. The Morgan fingerprint density at radius 3 is 2.12 bits per heavy atom. The zero-order valence-corrected chi connectivity index (χ0v) is 17.1. The molecule has 0 unspecified atom stereocenters. The summed E-state index contributed by atoms with van der Waals surface area (Å²) < 4.78 is 60.8. The van der Waals surface area contributed by atoms with E-state index in [2.05, 4.69) is 10.4 Å². The van der Waals surface area contributed by atoms with E-state index in [1.165, 1.54) is 47.3 Å². The molecule has 0 atom stereocenters. The minimum Gasteiger partial charge on any atom is -0.471 e. The van der Waals surface area contributed by atoms with E-state index >= 15 is 0 Å². The van der Waals surface area contributed by atoms with E-state index in [1.807, 2.05) is 0 Å². The molecule has 5 nitrogen and oxygen atoms in total. The highest BCUT2D eigenvalue weighted by Gasteiger charge is 2.20. The number of hydrogen-bond acceptors (Lipinski definition) is 3. The van der Waals surface area contributed by atoms with Crippen LogP contribution in [0.4, 0.5) is 23.2 Å². The molecule has 1 amide bonds. The second-order valence-electron chi connectivity index (χ2n) is 7.17. The van der Waals surface area contributed by atoms with Crippen molar-refractivity contribution in [2.45, 2.75) is 13.2 Å². The maximum atomic E-state index is 14.0. The van der Waals surface area contributed by atoms with Gasteiger partial charge in [-0.05, 0) is 47.5 Å². The van der Waals surface area contributed by atoms with Crippen LogP contribution in [0.2, 0.25) is 0 Å². The van der Waals surface area contributed by atoms with Gasteiger partial charge in [0.2, 0.25) is 5.88 Å². The number of rotatable bonds is 7. The van der Waals surface area contributed by atoms with Crippen molar-refractivity contribution in [1.29, 1.82) is 0 Å². The normalized spacial score (nSPS) is 10.8. The fourth-order valence-electron chi connectivity index (χ4n) is 3.04. The lowest BCUT2D eigenvalue weighted by atomic mass is 10.2. The zero-order valence-electron chi connectivity index (χ0n) is 17.1. The first kappa shape index (κ1) is 22.1. The average Bonchev–Trinajstić information content (AvgIpc) is 3.20. The van der Waals surface area contributed by atoms with Gasteiger partial charge in [-0.2, -0.15) is 0 Å². The summed E-state index contributed by atoms with van der Waals surface area (Å²) in [5.74, 6) is -3.14. The van der Waals surface area contributed by atoms with E-state index in [-0.39, 0.29) is 36.1 Å². The number of nitrogens with zero attached hydrogens (tertiary/aromatic N) is 2. The summed E-state index contributed by atoms with van der Waals surface area (Å²) >= 11 is 0.